The van der Waals surface area contributed by atoms with Crippen molar-refractivity contribution in [3.8, 4) is 0 Å². The van der Waals surface area contributed by atoms with Gasteiger partial charge >= 0.3 is 0 Å². The van der Waals surface area contributed by atoms with Gasteiger partial charge in [-0.05, 0) is 28.9 Å². The van der Waals surface area contributed by atoms with Crippen molar-refractivity contribution >= 4 is 26.0 Å². The second-order valence-electron chi connectivity index (χ2n) is 4.06. The predicted molar refractivity (Wildman–Crippen MR) is 68.2 cm³/mol. The van der Waals surface area contributed by atoms with Crippen LogP contribution in [-0.2, 0) is 10.0 Å². The normalized spacial score (nSPS) is 22.6. The highest BCUT2D eigenvalue weighted by atomic mass is 79.9. The van der Waals surface area contributed by atoms with Gasteiger partial charge in [-0.2, -0.15) is 4.31 Å². The Morgan fingerprint density at radius 2 is 2.29 bits per heavy atom. The fraction of sp³-hybridized carbons (Fsp3) is 0.500. The van der Waals surface area contributed by atoms with Crippen molar-refractivity contribution in [1.29, 1.82) is 0 Å². The van der Waals surface area contributed by atoms with E-state index >= 15 is 0 Å². The zero-order valence-corrected chi connectivity index (χ0v) is 11.8. The first-order valence-corrected chi connectivity index (χ1v) is 7.57. The van der Waals surface area contributed by atoms with Crippen LogP contribution in [0.1, 0.15) is 6.92 Å². The summed E-state index contributed by atoms with van der Waals surface area (Å²) in [6, 6.07) is 1.76. The maximum absolute atomic E-state index is 12.3. The Kier molecular flexibility index (Phi) is 3.82. The predicted octanol–water partition coefficient (Wildman–Crippen LogP) is 0.827. The Balaban J connectivity index is 2.29. The maximum Gasteiger partial charge on any atom is 0.244 e. The van der Waals surface area contributed by atoms with Gasteiger partial charge in [0.2, 0.25) is 10.0 Å². The lowest BCUT2D eigenvalue weighted by atomic mass is 10.3. The molecule has 1 aliphatic rings. The van der Waals surface area contributed by atoms with Gasteiger partial charge in [0.15, 0.2) is 0 Å². The minimum absolute atomic E-state index is 0.179. The average molecular weight is 320 g/mol. The van der Waals surface area contributed by atoms with Crippen molar-refractivity contribution < 1.29 is 8.42 Å². The van der Waals surface area contributed by atoms with Crippen molar-refractivity contribution in [2.75, 3.05) is 19.6 Å². The Hall–Kier alpha value is -0.500. The van der Waals surface area contributed by atoms with Crippen LogP contribution in [0.15, 0.2) is 27.8 Å². The van der Waals surface area contributed by atoms with Crippen molar-refractivity contribution in [3.63, 3.8) is 0 Å². The summed E-state index contributed by atoms with van der Waals surface area (Å²) < 4.78 is 26.8. The Morgan fingerprint density at radius 3 is 2.94 bits per heavy atom. The summed E-state index contributed by atoms with van der Waals surface area (Å²) in [6.07, 6.45) is 2.95. The first-order chi connectivity index (χ1) is 8.00. The van der Waals surface area contributed by atoms with Crippen molar-refractivity contribution in [1.82, 2.24) is 14.6 Å². The van der Waals surface area contributed by atoms with E-state index in [-0.39, 0.29) is 10.9 Å². The molecular formula is C10H14BrN3O2S. The number of nitrogens with one attached hydrogen (secondary N) is 1. The molecule has 0 radical (unpaired) electrons. The van der Waals surface area contributed by atoms with E-state index in [1.54, 1.807) is 12.3 Å². The van der Waals surface area contributed by atoms with E-state index in [4.69, 9.17) is 0 Å². The van der Waals surface area contributed by atoms with Gasteiger partial charge in [-0.1, -0.05) is 0 Å². The van der Waals surface area contributed by atoms with E-state index in [1.807, 2.05) is 6.92 Å². The summed E-state index contributed by atoms with van der Waals surface area (Å²) in [5.41, 5.74) is 0. The molecule has 0 saturated carbocycles. The Labute approximate surface area is 109 Å². The molecule has 2 heterocycles. The van der Waals surface area contributed by atoms with E-state index in [1.165, 1.54) is 10.5 Å². The fourth-order valence-electron chi connectivity index (χ4n) is 1.80. The number of rotatable bonds is 2. The second kappa shape index (κ2) is 5.01. The summed E-state index contributed by atoms with van der Waals surface area (Å²) in [5.74, 6) is 0. The number of aromatic nitrogens is 1. The van der Waals surface area contributed by atoms with Gasteiger partial charge in [-0.3, -0.25) is 4.98 Å². The third-order valence-electron chi connectivity index (χ3n) is 2.65. The van der Waals surface area contributed by atoms with Crippen LogP contribution >= 0.6 is 15.9 Å². The number of sulfonamides is 1. The molecule has 1 N–H and O–H groups in total. The van der Waals surface area contributed by atoms with Crippen LogP contribution < -0.4 is 5.32 Å². The van der Waals surface area contributed by atoms with Crippen molar-refractivity contribution in [2.24, 2.45) is 0 Å². The lowest BCUT2D eigenvalue weighted by Crippen LogP contribution is -2.51. The molecule has 17 heavy (non-hydrogen) atoms. The average Bonchev–Trinajstić information content (AvgIpc) is 2.29. The van der Waals surface area contributed by atoms with Gasteiger partial charge in [0.05, 0.1) is 0 Å². The number of halogens is 1. The molecular weight excluding hydrogens is 306 g/mol. The van der Waals surface area contributed by atoms with Gasteiger partial charge in [0.25, 0.3) is 0 Å². The number of pyridine rings is 1. The lowest BCUT2D eigenvalue weighted by Gasteiger charge is -2.30. The third kappa shape index (κ3) is 2.85. The number of hydrogen-bond acceptors (Lipinski definition) is 4. The summed E-state index contributed by atoms with van der Waals surface area (Å²) in [6.45, 7) is 3.65. The van der Waals surface area contributed by atoms with Crippen molar-refractivity contribution in [2.45, 2.75) is 17.9 Å². The molecule has 7 heteroatoms. The van der Waals surface area contributed by atoms with Gasteiger partial charge in [-0.15, -0.1) is 0 Å². The first-order valence-electron chi connectivity index (χ1n) is 5.34. The molecule has 0 bridgehead atoms. The molecule has 1 fully saturated rings. The van der Waals surface area contributed by atoms with Crippen LogP contribution in [0.25, 0.3) is 0 Å². The molecule has 0 aromatic carbocycles. The summed E-state index contributed by atoms with van der Waals surface area (Å²) in [7, 11) is -3.42. The minimum Gasteiger partial charge on any atom is -0.312 e. The molecule has 0 spiro atoms. The monoisotopic (exact) mass is 319 g/mol. The molecule has 1 aliphatic heterocycles. The molecule has 1 aromatic heterocycles. The van der Waals surface area contributed by atoms with E-state index in [2.05, 4.69) is 26.2 Å². The van der Waals surface area contributed by atoms with Crippen LogP contribution in [0.4, 0.5) is 0 Å². The van der Waals surface area contributed by atoms with Gasteiger partial charge in [0, 0.05) is 42.5 Å². The highest BCUT2D eigenvalue weighted by Gasteiger charge is 2.28. The minimum atomic E-state index is -3.42. The van der Waals surface area contributed by atoms with Crippen LogP contribution in [0.3, 0.4) is 0 Å². The highest BCUT2D eigenvalue weighted by Crippen LogP contribution is 2.19. The van der Waals surface area contributed by atoms with Crippen LogP contribution in [0.5, 0.6) is 0 Å². The van der Waals surface area contributed by atoms with E-state index in [0.29, 0.717) is 24.1 Å². The van der Waals surface area contributed by atoms with Crippen LogP contribution in [0.2, 0.25) is 0 Å². The molecule has 94 valence electrons. The Bertz CT molecular complexity index is 506. The molecule has 0 amide bonds. The third-order valence-corrected chi connectivity index (χ3v) is 4.91. The smallest absolute Gasteiger partial charge is 0.244 e. The number of piperazine rings is 1. The molecule has 5 nitrogen and oxygen atoms in total. The fourth-order valence-corrected chi connectivity index (χ4v) is 3.83. The molecule has 0 unspecified atom stereocenters. The first kappa shape index (κ1) is 12.9. The standard InChI is InChI=1S/C10H14BrN3O2S/c1-8-7-14(3-2-13-8)17(15,16)10-4-9(11)5-12-6-10/h4-6,8,13H,2-3,7H2,1H3/t8-/m0/s1. The molecule has 1 atom stereocenters. The zero-order chi connectivity index (χ0) is 12.5. The van der Waals surface area contributed by atoms with E-state index < -0.39 is 10.0 Å². The zero-order valence-electron chi connectivity index (χ0n) is 9.43. The van der Waals surface area contributed by atoms with Gasteiger partial charge in [0.1, 0.15) is 4.90 Å². The lowest BCUT2D eigenvalue weighted by molar-refractivity contribution is 0.310. The van der Waals surface area contributed by atoms with E-state index in [9.17, 15) is 8.42 Å². The van der Waals surface area contributed by atoms with Gasteiger partial charge in [-0.25, -0.2) is 8.42 Å². The number of nitrogens with zero attached hydrogens (tertiary/aromatic N) is 2. The SMILES string of the molecule is C[C@H]1CN(S(=O)(=O)c2cncc(Br)c2)CCN1. The summed E-state index contributed by atoms with van der Waals surface area (Å²) in [4.78, 5) is 4.13. The molecule has 2 rings (SSSR count). The molecule has 1 saturated heterocycles. The number of hydrogen-bond donors (Lipinski definition) is 1. The van der Waals surface area contributed by atoms with Crippen LogP contribution in [-0.4, -0.2) is 43.4 Å². The van der Waals surface area contributed by atoms with Gasteiger partial charge < -0.3 is 5.32 Å². The molecule has 0 aliphatic carbocycles. The summed E-state index contributed by atoms with van der Waals surface area (Å²) >= 11 is 3.23. The van der Waals surface area contributed by atoms with Crippen LogP contribution in [0, 0.1) is 0 Å². The van der Waals surface area contributed by atoms with Crippen molar-refractivity contribution in [3.05, 3.63) is 22.9 Å². The quantitative estimate of drug-likeness (QED) is 0.877. The molecule has 1 aromatic rings. The van der Waals surface area contributed by atoms with E-state index in [0.717, 1.165) is 0 Å². The summed E-state index contributed by atoms with van der Waals surface area (Å²) in [5, 5.41) is 3.22. The second-order valence-corrected chi connectivity index (χ2v) is 6.91. The largest absolute Gasteiger partial charge is 0.312 e. The maximum atomic E-state index is 12.3. The highest BCUT2D eigenvalue weighted by molar-refractivity contribution is 9.10. The Morgan fingerprint density at radius 1 is 1.53 bits per heavy atom. The topological polar surface area (TPSA) is 62.3 Å².